The Kier molecular flexibility index (Phi) is 5.71. The highest BCUT2D eigenvalue weighted by atomic mass is 16.1. The lowest BCUT2D eigenvalue weighted by molar-refractivity contribution is -0.126. The van der Waals surface area contributed by atoms with Crippen molar-refractivity contribution < 1.29 is 4.79 Å². The number of carbonyl (C=O) groups is 1. The van der Waals surface area contributed by atoms with Crippen LogP contribution in [-0.2, 0) is 4.79 Å². The maximum Gasteiger partial charge on any atom is 0.227 e. The third kappa shape index (κ3) is 4.71. The summed E-state index contributed by atoms with van der Waals surface area (Å²) in [5, 5.41) is 6.33. The molecule has 1 fully saturated rings. The molecule has 0 unspecified atom stereocenters. The van der Waals surface area contributed by atoms with Crippen LogP contribution in [0.25, 0.3) is 0 Å². The molecular formula is C20H27N5O. The Morgan fingerprint density at radius 3 is 2.50 bits per heavy atom. The number of hydrogen-bond donors (Lipinski definition) is 2. The average molecular weight is 353 g/mol. The highest BCUT2D eigenvalue weighted by Gasteiger charge is 2.26. The molecule has 2 aromatic rings. The molecule has 0 bridgehead atoms. The van der Waals surface area contributed by atoms with E-state index < -0.39 is 0 Å². The van der Waals surface area contributed by atoms with Crippen molar-refractivity contribution in [2.24, 2.45) is 5.92 Å². The number of carbonyl (C=O) groups excluding carboxylic acids is 1. The summed E-state index contributed by atoms with van der Waals surface area (Å²) in [4.78, 5) is 23.4. The maximum atomic E-state index is 12.2. The van der Waals surface area contributed by atoms with Gasteiger partial charge >= 0.3 is 0 Å². The third-order valence-corrected chi connectivity index (χ3v) is 4.55. The first-order valence-corrected chi connectivity index (χ1v) is 9.23. The minimum absolute atomic E-state index is 0.0857. The SMILES string of the molecule is Cc1ccc(Nc2ccnc(N3CCC(C(=O)NC(C)C)CC3)n2)cc1. The molecule has 0 atom stereocenters. The van der Waals surface area contributed by atoms with E-state index in [1.165, 1.54) is 5.56 Å². The Morgan fingerprint density at radius 2 is 1.85 bits per heavy atom. The zero-order chi connectivity index (χ0) is 18.5. The van der Waals surface area contributed by atoms with Crippen LogP contribution in [0.5, 0.6) is 0 Å². The second kappa shape index (κ2) is 8.17. The van der Waals surface area contributed by atoms with Crippen LogP contribution in [0.15, 0.2) is 36.5 Å². The standard InChI is InChI=1S/C20H27N5O/c1-14(2)22-19(26)16-9-12-25(13-10-16)20-21-11-8-18(24-20)23-17-6-4-15(3)5-7-17/h4-8,11,14,16H,9-10,12-13H2,1-3H3,(H,22,26)(H,21,23,24). The summed E-state index contributed by atoms with van der Waals surface area (Å²) in [5.41, 5.74) is 2.23. The molecule has 3 rings (SSSR count). The van der Waals surface area contributed by atoms with Crippen molar-refractivity contribution in [2.45, 2.75) is 39.7 Å². The molecule has 0 spiro atoms. The van der Waals surface area contributed by atoms with Gasteiger partial charge in [0.1, 0.15) is 5.82 Å². The molecule has 0 saturated carbocycles. The van der Waals surface area contributed by atoms with E-state index in [0.717, 1.165) is 37.4 Å². The third-order valence-electron chi connectivity index (χ3n) is 4.55. The van der Waals surface area contributed by atoms with E-state index in [2.05, 4.69) is 44.6 Å². The number of anilines is 3. The van der Waals surface area contributed by atoms with E-state index in [0.29, 0.717) is 5.95 Å². The first-order chi connectivity index (χ1) is 12.5. The number of nitrogens with zero attached hydrogens (tertiary/aromatic N) is 3. The molecule has 138 valence electrons. The van der Waals surface area contributed by atoms with Gasteiger partial charge in [-0.3, -0.25) is 4.79 Å². The van der Waals surface area contributed by atoms with Gasteiger partial charge < -0.3 is 15.5 Å². The molecular weight excluding hydrogens is 326 g/mol. The molecule has 2 N–H and O–H groups in total. The highest BCUT2D eigenvalue weighted by Crippen LogP contribution is 2.23. The molecule has 1 aromatic carbocycles. The molecule has 1 aromatic heterocycles. The van der Waals surface area contributed by atoms with Gasteiger partial charge in [0.15, 0.2) is 0 Å². The molecule has 1 saturated heterocycles. The number of piperidine rings is 1. The van der Waals surface area contributed by atoms with Crippen molar-refractivity contribution in [3.63, 3.8) is 0 Å². The number of hydrogen-bond acceptors (Lipinski definition) is 5. The van der Waals surface area contributed by atoms with Crippen molar-refractivity contribution in [3.05, 3.63) is 42.1 Å². The fourth-order valence-electron chi connectivity index (χ4n) is 3.10. The first kappa shape index (κ1) is 18.2. The van der Waals surface area contributed by atoms with Crippen LogP contribution in [0.1, 0.15) is 32.3 Å². The molecule has 1 aliphatic rings. The molecule has 6 heteroatoms. The van der Waals surface area contributed by atoms with E-state index in [1.807, 2.05) is 32.0 Å². The van der Waals surface area contributed by atoms with Crippen LogP contribution in [0, 0.1) is 12.8 Å². The lowest BCUT2D eigenvalue weighted by Gasteiger charge is -2.31. The van der Waals surface area contributed by atoms with Gasteiger partial charge in [-0.05, 0) is 51.8 Å². The van der Waals surface area contributed by atoms with Gasteiger partial charge in [0.2, 0.25) is 11.9 Å². The molecule has 1 aliphatic heterocycles. The van der Waals surface area contributed by atoms with E-state index in [9.17, 15) is 4.79 Å². The summed E-state index contributed by atoms with van der Waals surface area (Å²) in [6, 6.07) is 10.3. The molecule has 2 heterocycles. The van der Waals surface area contributed by atoms with Crippen LogP contribution in [0.4, 0.5) is 17.5 Å². The van der Waals surface area contributed by atoms with Crippen LogP contribution in [-0.4, -0.2) is 35.0 Å². The Morgan fingerprint density at radius 1 is 1.15 bits per heavy atom. The van der Waals surface area contributed by atoms with Gasteiger partial charge in [0.05, 0.1) is 0 Å². The van der Waals surface area contributed by atoms with Gasteiger partial charge in [0.25, 0.3) is 0 Å². The Balaban J connectivity index is 1.60. The average Bonchev–Trinajstić information content (AvgIpc) is 2.63. The summed E-state index contributed by atoms with van der Waals surface area (Å²) in [7, 11) is 0. The van der Waals surface area contributed by atoms with E-state index in [4.69, 9.17) is 0 Å². The molecule has 0 aliphatic carbocycles. The van der Waals surface area contributed by atoms with E-state index in [-0.39, 0.29) is 17.9 Å². The lowest BCUT2D eigenvalue weighted by atomic mass is 9.96. The number of aryl methyl sites for hydroxylation is 1. The molecule has 1 amide bonds. The summed E-state index contributed by atoms with van der Waals surface area (Å²) in [6.07, 6.45) is 3.44. The normalized spacial score (nSPS) is 15.2. The van der Waals surface area contributed by atoms with Crippen LogP contribution in [0.2, 0.25) is 0 Å². The molecule has 6 nitrogen and oxygen atoms in total. The maximum absolute atomic E-state index is 12.2. The minimum Gasteiger partial charge on any atom is -0.354 e. The summed E-state index contributed by atoms with van der Waals surface area (Å²) in [6.45, 7) is 7.65. The fourth-order valence-corrected chi connectivity index (χ4v) is 3.10. The zero-order valence-corrected chi connectivity index (χ0v) is 15.7. The fraction of sp³-hybridized carbons (Fsp3) is 0.450. The van der Waals surface area contributed by atoms with Gasteiger partial charge in [-0.1, -0.05) is 17.7 Å². The topological polar surface area (TPSA) is 70.2 Å². The number of nitrogens with one attached hydrogen (secondary N) is 2. The van der Waals surface area contributed by atoms with Crippen molar-refractivity contribution >= 4 is 23.4 Å². The lowest BCUT2D eigenvalue weighted by Crippen LogP contribution is -2.42. The van der Waals surface area contributed by atoms with Gasteiger partial charge in [0, 0.05) is 36.9 Å². The largest absolute Gasteiger partial charge is 0.354 e. The van der Waals surface area contributed by atoms with Gasteiger partial charge in [-0.15, -0.1) is 0 Å². The Labute approximate surface area is 155 Å². The van der Waals surface area contributed by atoms with Crippen molar-refractivity contribution in [1.82, 2.24) is 15.3 Å². The Bertz CT molecular complexity index is 736. The quantitative estimate of drug-likeness (QED) is 0.863. The highest BCUT2D eigenvalue weighted by molar-refractivity contribution is 5.79. The number of aromatic nitrogens is 2. The predicted molar refractivity (Wildman–Crippen MR) is 105 cm³/mol. The van der Waals surface area contributed by atoms with Crippen molar-refractivity contribution in [1.29, 1.82) is 0 Å². The van der Waals surface area contributed by atoms with Crippen molar-refractivity contribution in [2.75, 3.05) is 23.3 Å². The number of benzene rings is 1. The second-order valence-electron chi connectivity index (χ2n) is 7.16. The van der Waals surface area contributed by atoms with E-state index in [1.54, 1.807) is 6.20 Å². The second-order valence-corrected chi connectivity index (χ2v) is 7.16. The smallest absolute Gasteiger partial charge is 0.227 e. The zero-order valence-electron chi connectivity index (χ0n) is 15.7. The monoisotopic (exact) mass is 353 g/mol. The molecule has 26 heavy (non-hydrogen) atoms. The molecule has 0 radical (unpaired) electrons. The van der Waals surface area contributed by atoms with Gasteiger partial charge in [-0.25, -0.2) is 4.98 Å². The summed E-state index contributed by atoms with van der Waals surface area (Å²) < 4.78 is 0. The summed E-state index contributed by atoms with van der Waals surface area (Å²) >= 11 is 0. The minimum atomic E-state index is 0.0857. The number of amides is 1. The first-order valence-electron chi connectivity index (χ1n) is 9.23. The van der Waals surface area contributed by atoms with Crippen molar-refractivity contribution in [3.8, 4) is 0 Å². The summed E-state index contributed by atoms with van der Waals surface area (Å²) in [5.74, 6) is 1.74. The Hall–Kier alpha value is -2.63. The van der Waals surface area contributed by atoms with Crippen LogP contribution in [0.3, 0.4) is 0 Å². The number of rotatable bonds is 5. The van der Waals surface area contributed by atoms with E-state index >= 15 is 0 Å². The van der Waals surface area contributed by atoms with Crippen LogP contribution < -0.4 is 15.5 Å². The van der Waals surface area contributed by atoms with Crippen LogP contribution >= 0.6 is 0 Å². The van der Waals surface area contributed by atoms with Gasteiger partial charge in [-0.2, -0.15) is 4.98 Å². The predicted octanol–water partition coefficient (Wildman–Crippen LogP) is 3.27.